The summed E-state index contributed by atoms with van der Waals surface area (Å²) >= 11 is 0. The number of primary amides is 1. The molecule has 0 radical (unpaired) electrons. The zero-order valence-electron chi connectivity index (χ0n) is 32.5. The van der Waals surface area contributed by atoms with Gasteiger partial charge < -0.3 is 31.5 Å². The molecule has 14 heteroatoms. The number of nitrogens with one attached hydrogen (secondary N) is 3. The second kappa shape index (κ2) is 18.4. The minimum absolute atomic E-state index is 0.112. The van der Waals surface area contributed by atoms with E-state index in [1.165, 1.54) is 19.8 Å². The predicted molar refractivity (Wildman–Crippen MR) is 230 cm³/mol. The largest absolute Gasteiger partial charge is 0.370 e. The van der Waals surface area contributed by atoms with Crippen LogP contribution >= 0.6 is 0 Å². The molecule has 4 aromatic carbocycles. The number of carbonyl (C=O) groups is 2. The van der Waals surface area contributed by atoms with Crippen molar-refractivity contribution in [3.63, 3.8) is 0 Å². The van der Waals surface area contributed by atoms with Crippen LogP contribution in [-0.2, 0) is 4.79 Å². The van der Waals surface area contributed by atoms with Gasteiger partial charge in [-0.25, -0.2) is 19.9 Å². The van der Waals surface area contributed by atoms with E-state index in [1.807, 2.05) is 72.8 Å². The summed E-state index contributed by atoms with van der Waals surface area (Å²) in [5.41, 5.74) is 14.5. The van der Waals surface area contributed by atoms with Gasteiger partial charge >= 0.3 is 0 Å². The summed E-state index contributed by atoms with van der Waals surface area (Å²) in [6, 6.07) is 34.1. The molecule has 0 atom stereocenters. The number of nitrogens with zero attached hydrogens (tertiary/aromatic N) is 8. The Bertz CT molecular complexity index is 2530. The SMILES string of the molecule is CC(=O)Nc1ccc(Nc2nccc(-c3ccc(N4CCCC4)c(C#N)c3)n2)cc1.N#Cc1cc(-c2ccnc(Nc3ccc(C(N)=O)cc3)n2)ccc1N1CCCC1. The highest BCUT2D eigenvalue weighted by Crippen LogP contribution is 2.31. The third kappa shape index (κ3) is 9.94. The number of carbonyl (C=O) groups excluding carboxylic acids is 2. The summed E-state index contributed by atoms with van der Waals surface area (Å²) in [6.07, 6.45) is 8.01. The first kappa shape index (κ1) is 39.4. The normalized spacial score (nSPS) is 13.1. The van der Waals surface area contributed by atoms with Crippen molar-refractivity contribution in [3.05, 3.63) is 126 Å². The smallest absolute Gasteiger partial charge is 0.248 e. The van der Waals surface area contributed by atoms with Crippen LogP contribution < -0.4 is 31.5 Å². The van der Waals surface area contributed by atoms with Crippen LogP contribution in [0.4, 0.5) is 40.3 Å². The third-order valence-corrected chi connectivity index (χ3v) is 9.92. The molecule has 0 spiro atoms. The summed E-state index contributed by atoms with van der Waals surface area (Å²) in [6.45, 7) is 5.45. The van der Waals surface area contributed by atoms with Gasteiger partial charge in [-0.2, -0.15) is 10.5 Å². The van der Waals surface area contributed by atoms with Crippen LogP contribution in [-0.4, -0.2) is 57.9 Å². The van der Waals surface area contributed by atoms with Crippen LogP contribution in [0.5, 0.6) is 0 Å². The van der Waals surface area contributed by atoms with Crippen molar-refractivity contribution in [2.45, 2.75) is 32.6 Å². The molecular weight excluding hydrogens is 741 g/mol. The summed E-state index contributed by atoms with van der Waals surface area (Å²) in [4.78, 5) is 44.5. The average Bonchev–Trinajstić information content (AvgIpc) is 4.01. The van der Waals surface area contributed by atoms with Crippen molar-refractivity contribution in [3.8, 4) is 34.7 Å². The molecular formula is C45H42N12O2. The van der Waals surface area contributed by atoms with Gasteiger partial charge in [-0.05, 0) is 111 Å². The molecule has 2 aliphatic rings. The lowest BCUT2D eigenvalue weighted by Crippen LogP contribution is -2.18. The van der Waals surface area contributed by atoms with Crippen LogP contribution in [0.3, 0.4) is 0 Å². The fraction of sp³-hybridized carbons (Fsp3) is 0.200. The fourth-order valence-electron chi connectivity index (χ4n) is 7.01. The molecule has 0 saturated carbocycles. The number of amides is 2. The Morgan fingerprint density at radius 1 is 0.610 bits per heavy atom. The van der Waals surface area contributed by atoms with E-state index in [0.717, 1.165) is 90.0 Å². The van der Waals surface area contributed by atoms with Gasteiger partial charge in [0.2, 0.25) is 23.7 Å². The van der Waals surface area contributed by atoms with Crippen molar-refractivity contribution in [2.75, 3.05) is 51.9 Å². The topological polar surface area (TPSA) is 202 Å². The molecule has 5 N–H and O–H groups in total. The fourth-order valence-corrected chi connectivity index (χ4v) is 7.01. The number of benzene rings is 4. The molecule has 2 fully saturated rings. The van der Waals surface area contributed by atoms with E-state index < -0.39 is 5.91 Å². The van der Waals surface area contributed by atoms with E-state index in [9.17, 15) is 20.1 Å². The lowest BCUT2D eigenvalue weighted by atomic mass is 10.1. The maximum atomic E-state index is 11.2. The maximum absolute atomic E-state index is 11.2. The highest BCUT2D eigenvalue weighted by atomic mass is 16.1. The zero-order chi connectivity index (χ0) is 41.1. The molecule has 2 amide bonds. The second-order valence-corrected chi connectivity index (χ2v) is 14.1. The molecule has 8 rings (SSSR count). The van der Waals surface area contributed by atoms with E-state index >= 15 is 0 Å². The Balaban J connectivity index is 0.000000179. The first-order chi connectivity index (χ1) is 28.8. The summed E-state index contributed by atoms with van der Waals surface area (Å²) < 4.78 is 0. The Morgan fingerprint density at radius 3 is 1.44 bits per heavy atom. The Morgan fingerprint density at radius 2 is 1.03 bits per heavy atom. The quantitative estimate of drug-likeness (QED) is 0.105. The highest BCUT2D eigenvalue weighted by Gasteiger charge is 2.18. The van der Waals surface area contributed by atoms with E-state index in [-0.39, 0.29) is 5.91 Å². The van der Waals surface area contributed by atoms with Gasteiger partial charge in [0, 0.05) is 79.2 Å². The van der Waals surface area contributed by atoms with Crippen LogP contribution in [0.25, 0.3) is 22.5 Å². The molecule has 0 bridgehead atoms. The van der Waals surface area contributed by atoms with E-state index in [2.05, 4.69) is 57.8 Å². The predicted octanol–water partition coefficient (Wildman–Crippen LogP) is 7.78. The summed E-state index contributed by atoms with van der Waals surface area (Å²) in [7, 11) is 0. The molecule has 6 aromatic rings. The molecule has 294 valence electrons. The van der Waals surface area contributed by atoms with Gasteiger partial charge in [-0.3, -0.25) is 9.59 Å². The van der Waals surface area contributed by atoms with E-state index in [4.69, 9.17) is 5.73 Å². The number of nitriles is 2. The van der Waals surface area contributed by atoms with Gasteiger partial charge in [-0.15, -0.1) is 0 Å². The van der Waals surface area contributed by atoms with Gasteiger partial charge in [0.15, 0.2) is 0 Å². The monoisotopic (exact) mass is 782 g/mol. The first-order valence-electron chi connectivity index (χ1n) is 19.3. The minimum Gasteiger partial charge on any atom is -0.370 e. The summed E-state index contributed by atoms with van der Waals surface area (Å²) in [5, 5.41) is 28.3. The number of hydrogen-bond acceptors (Lipinski definition) is 12. The van der Waals surface area contributed by atoms with Gasteiger partial charge in [0.1, 0.15) is 12.1 Å². The van der Waals surface area contributed by atoms with Crippen molar-refractivity contribution < 1.29 is 9.59 Å². The molecule has 2 aromatic heterocycles. The second-order valence-electron chi connectivity index (χ2n) is 14.1. The van der Waals surface area contributed by atoms with Crippen molar-refractivity contribution >= 4 is 52.1 Å². The maximum Gasteiger partial charge on any atom is 0.248 e. The van der Waals surface area contributed by atoms with E-state index in [0.29, 0.717) is 28.6 Å². The zero-order valence-corrected chi connectivity index (χ0v) is 32.5. The van der Waals surface area contributed by atoms with Crippen molar-refractivity contribution in [1.82, 2.24) is 19.9 Å². The Hall–Kier alpha value is -7.84. The van der Waals surface area contributed by atoms with Crippen LogP contribution in [0.2, 0.25) is 0 Å². The minimum atomic E-state index is -0.472. The Labute approximate surface area is 342 Å². The van der Waals surface area contributed by atoms with Crippen LogP contribution in [0.15, 0.2) is 109 Å². The molecule has 0 unspecified atom stereocenters. The number of hydrogen-bond donors (Lipinski definition) is 4. The lowest BCUT2D eigenvalue weighted by Gasteiger charge is -2.19. The van der Waals surface area contributed by atoms with Crippen LogP contribution in [0.1, 0.15) is 54.1 Å². The molecule has 2 saturated heterocycles. The van der Waals surface area contributed by atoms with Crippen molar-refractivity contribution in [2.24, 2.45) is 5.73 Å². The highest BCUT2D eigenvalue weighted by molar-refractivity contribution is 5.93. The number of aromatic nitrogens is 4. The van der Waals surface area contributed by atoms with Gasteiger partial charge in [0.25, 0.3) is 0 Å². The van der Waals surface area contributed by atoms with Gasteiger partial charge in [-0.1, -0.05) is 12.1 Å². The first-order valence-corrected chi connectivity index (χ1v) is 19.3. The lowest BCUT2D eigenvalue weighted by molar-refractivity contribution is -0.114. The molecule has 2 aliphatic heterocycles. The molecule has 0 aliphatic carbocycles. The van der Waals surface area contributed by atoms with E-state index in [1.54, 1.807) is 36.7 Å². The van der Waals surface area contributed by atoms with Gasteiger partial charge in [0.05, 0.1) is 33.9 Å². The molecule has 59 heavy (non-hydrogen) atoms. The number of nitrogens with two attached hydrogens (primary N) is 1. The molecule has 4 heterocycles. The molecule has 14 nitrogen and oxygen atoms in total. The third-order valence-electron chi connectivity index (χ3n) is 9.92. The Kier molecular flexibility index (Phi) is 12.3. The number of anilines is 7. The summed E-state index contributed by atoms with van der Waals surface area (Å²) in [5.74, 6) is 0.304. The number of rotatable bonds is 10. The average molecular weight is 783 g/mol. The van der Waals surface area contributed by atoms with Crippen molar-refractivity contribution in [1.29, 1.82) is 10.5 Å². The standard InChI is InChI=1S/C23H22N6O.C22H20N6O/c1-16(30)26-19-5-7-20(8-6-19)27-23-25-11-10-21(28-23)17-4-9-22(18(14-17)15-24)29-12-2-3-13-29;23-14-17-13-16(5-8-20(17)28-11-1-2-12-28)19-9-10-25-22(27-19)26-18-6-3-15(4-7-18)21(24)29/h4-11,14H,2-3,12-13H2,1H3,(H,26,30)(H,25,27,28);3-10,13H,1-2,11-12H2,(H2,24,29)(H,25,26,27). The van der Waals surface area contributed by atoms with Crippen LogP contribution in [0, 0.1) is 22.7 Å².